The van der Waals surface area contributed by atoms with Crippen LogP contribution in [0.1, 0.15) is 33.6 Å². The van der Waals surface area contributed by atoms with E-state index in [-0.39, 0.29) is 57.8 Å². The van der Waals surface area contributed by atoms with E-state index in [1.54, 1.807) is 35.7 Å². The van der Waals surface area contributed by atoms with Crippen LogP contribution >= 0.6 is 11.8 Å². The fourth-order valence-corrected chi connectivity index (χ4v) is 5.35. The Kier molecular flexibility index (Phi) is 6.20. The Morgan fingerprint density at radius 3 is 2.27 bits per heavy atom. The van der Waals surface area contributed by atoms with Gasteiger partial charge in [-0.2, -0.15) is 0 Å². The van der Waals surface area contributed by atoms with Crippen LogP contribution in [0.2, 0.25) is 0 Å². The van der Waals surface area contributed by atoms with Crippen molar-refractivity contribution in [3.63, 3.8) is 0 Å². The molecule has 13 heteroatoms. The van der Waals surface area contributed by atoms with Crippen LogP contribution in [0, 0.1) is 0 Å². The minimum absolute atomic E-state index is 0. The quantitative estimate of drug-likeness (QED) is 0.210. The van der Waals surface area contributed by atoms with Crippen LogP contribution in [0.25, 0.3) is 0 Å². The number of benzene rings is 1. The number of hydrogen-bond donors (Lipinski definition) is 1. The maximum Gasteiger partial charge on any atom is 1.00 e. The van der Waals surface area contributed by atoms with Crippen molar-refractivity contribution >= 4 is 45.7 Å². The van der Waals surface area contributed by atoms with Crippen molar-refractivity contribution in [2.45, 2.75) is 23.8 Å². The minimum atomic E-state index is -4.91. The first kappa shape index (κ1) is 23.0. The van der Waals surface area contributed by atoms with Crippen LogP contribution in [-0.4, -0.2) is 63.3 Å². The molecule has 1 fully saturated rings. The van der Waals surface area contributed by atoms with Crippen molar-refractivity contribution in [2.24, 2.45) is 0 Å². The van der Waals surface area contributed by atoms with E-state index in [2.05, 4.69) is 5.32 Å². The molecule has 2 unspecified atom stereocenters. The SMILES string of the molecule is O=C(CC1(N2C(=O)c3ccccc3C2=O)CC=CS1)NC1CN(S(=O)(=O)[O-])C1=O.[Na+]. The molecule has 4 rings (SSSR count). The van der Waals surface area contributed by atoms with E-state index in [4.69, 9.17) is 0 Å². The number of fused-ring (bicyclic) bond motifs is 1. The average molecular weight is 459 g/mol. The summed E-state index contributed by atoms with van der Waals surface area (Å²) in [7, 11) is -4.91. The molecule has 10 nitrogen and oxygen atoms in total. The third kappa shape index (κ3) is 3.72. The minimum Gasteiger partial charge on any atom is -0.731 e. The first-order chi connectivity index (χ1) is 13.6. The fourth-order valence-electron chi connectivity index (χ4n) is 3.55. The fraction of sp³-hybridized carbons (Fsp3) is 0.294. The van der Waals surface area contributed by atoms with E-state index >= 15 is 0 Å². The number of hydrogen-bond acceptors (Lipinski definition) is 8. The van der Waals surface area contributed by atoms with Gasteiger partial charge in [0.1, 0.15) is 10.9 Å². The summed E-state index contributed by atoms with van der Waals surface area (Å²) in [5.41, 5.74) is 0.519. The first-order valence-electron chi connectivity index (χ1n) is 8.51. The molecule has 1 saturated heterocycles. The Hall–Kier alpha value is -1.70. The summed E-state index contributed by atoms with van der Waals surface area (Å²) in [5, 5.41) is 4.06. The Bertz CT molecular complexity index is 1050. The van der Waals surface area contributed by atoms with Crippen molar-refractivity contribution in [3.05, 3.63) is 46.9 Å². The molecule has 2 atom stereocenters. The van der Waals surface area contributed by atoms with Gasteiger partial charge in [0.25, 0.3) is 17.7 Å². The normalized spacial score (nSPS) is 25.1. The summed E-state index contributed by atoms with van der Waals surface area (Å²) in [4.78, 5) is 49.9. The molecule has 1 N–H and O–H groups in total. The average Bonchev–Trinajstić information content (AvgIpc) is 3.21. The maximum absolute atomic E-state index is 12.8. The number of carbonyl (C=O) groups excluding carboxylic acids is 4. The van der Waals surface area contributed by atoms with Gasteiger partial charge in [-0.15, -0.1) is 11.8 Å². The zero-order chi connectivity index (χ0) is 21.0. The van der Waals surface area contributed by atoms with Crippen molar-refractivity contribution in [2.75, 3.05) is 6.54 Å². The first-order valence-corrected chi connectivity index (χ1v) is 10.8. The second kappa shape index (κ2) is 8.09. The zero-order valence-corrected chi connectivity index (χ0v) is 19.4. The van der Waals surface area contributed by atoms with Gasteiger partial charge >= 0.3 is 29.6 Å². The van der Waals surface area contributed by atoms with Gasteiger partial charge in [-0.3, -0.25) is 24.1 Å². The van der Waals surface area contributed by atoms with E-state index < -0.39 is 51.4 Å². The molecule has 3 aliphatic rings. The van der Waals surface area contributed by atoms with Crippen LogP contribution in [0.4, 0.5) is 0 Å². The Morgan fingerprint density at radius 1 is 1.20 bits per heavy atom. The summed E-state index contributed by atoms with van der Waals surface area (Å²) >= 11 is 1.15. The second-order valence-electron chi connectivity index (χ2n) is 6.76. The summed E-state index contributed by atoms with van der Waals surface area (Å²) in [5.74, 6) is -2.66. The Morgan fingerprint density at radius 2 is 1.80 bits per heavy atom. The predicted molar refractivity (Wildman–Crippen MR) is 99.0 cm³/mol. The van der Waals surface area contributed by atoms with Gasteiger partial charge in [0.05, 0.1) is 24.1 Å². The van der Waals surface area contributed by atoms with Crippen LogP contribution in [0.15, 0.2) is 35.7 Å². The standard InChI is InChI=1S/C17H15N3O7S2.Na/c21-13(18-12-9-19(16(12)24)29(25,26)27)8-17(6-3-7-28-17)20-14(22)10-4-1-2-5-11(10)15(20)23;/h1-5,7,12H,6,8-9H2,(H,18,21)(H,25,26,27);/q;+1/p-1. The topological polar surface area (TPSA) is 144 Å². The van der Waals surface area contributed by atoms with Crippen molar-refractivity contribution in [3.8, 4) is 0 Å². The van der Waals surface area contributed by atoms with Crippen molar-refractivity contribution in [1.29, 1.82) is 0 Å². The predicted octanol–water partition coefficient (Wildman–Crippen LogP) is -3.19. The molecule has 30 heavy (non-hydrogen) atoms. The Labute approximate surface area is 198 Å². The number of thioether (sulfide) groups is 1. The largest absolute Gasteiger partial charge is 1.00 e. The van der Waals surface area contributed by atoms with Gasteiger partial charge < -0.3 is 9.87 Å². The summed E-state index contributed by atoms with van der Waals surface area (Å²) in [6.07, 6.45) is 1.70. The molecule has 0 bridgehead atoms. The molecular weight excluding hydrogens is 445 g/mol. The number of carbonyl (C=O) groups is 4. The molecule has 1 aromatic rings. The monoisotopic (exact) mass is 459 g/mol. The molecule has 4 amide bonds. The third-order valence-electron chi connectivity index (χ3n) is 4.96. The van der Waals surface area contributed by atoms with Gasteiger partial charge in [-0.05, 0) is 17.5 Å². The maximum atomic E-state index is 12.8. The number of rotatable bonds is 5. The number of nitrogens with one attached hydrogen (secondary N) is 1. The van der Waals surface area contributed by atoms with E-state index in [1.807, 2.05) is 0 Å². The van der Waals surface area contributed by atoms with Gasteiger partial charge in [-0.1, -0.05) is 18.2 Å². The van der Waals surface area contributed by atoms with E-state index in [1.165, 1.54) is 0 Å². The van der Waals surface area contributed by atoms with Gasteiger partial charge in [0.15, 0.2) is 10.3 Å². The van der Waals surface area contributed by atoms with Crippen LogP contribution in [0.5, 0.6) is 0 Å². The summed E-state index contributed by atoms with van der Waals surface area (Å²) in [6.45, 7) is -0.443. The molecule has 3 aliphatic heterocycles. The van der Waals surface area contributed by atoms with Crippen molar-refractivity contribution in [1.82, 2.24) is 14.5 Å². The molecular formula is C17H14N3NaO7S2. The van der Waals surface area contributed by atoms with Crippen molar-refractivity contribution < 1.29 is 61.7 Å². The van der Waals surface area contributed by atoms with Crippen LogP contribution in [-0.2, 0) is 19.9 Å². The number of nitrogens with zero attached hydrogens (tertiary/aromatic N) is 2. The molecule has 0 aliphatic carbocycles. The van der Waals surface area contributed by atoms with Gasteiger partial charge in [0, 0.05) is 6.42 Å². The van der Waals surface area contributed by atoms with Gasteiger partial charge in [-0.25, -0.2) is 12.7 Å². The van der Waals surface area contributed by atoms with E-state index in [0.717, 1.165) is 16.7 Å². The van der Waals surface area contributed by atoms with E-state index in [0.29, 0.717) is 0 Å². The Balaban J connectivity index is 0.00000256. The number of β-lactam (4-membered cyclic amide) rings is 1. The van der Waals surface area contributed by atoms with Crippen LogP contribution < -0.4 is 34.9 Å². The summed E-state index contributed by atoms with van der Waals surface area (Å²) < 4.78 is 32.8. The van der Waals surface area contributed by atoms with Gasteiger partial charge in [0.2, 0.25) is 5.91 Å². The second-order valence-corrected chi connectivity index (χ2v) is 9.32. The summed E-state index contributed by atoms with van der Waals surface area (Å²) in [6, 6.07) is 5.24. The smallest absolute Gasteiger partial charge is 0.731 e. The zero-order valence-electron chi connectivity index (χ0n) is 15.7. The third-order valence-corrected chi connectivity index (χ3v) is 7.09. The van der Waals surface area contributed by atoms with E-state index in [9.17, 15) is 32.1 Å². The molecule has 3 heterocycles. The number of amides is 4. The molecule has 152 valence electrons. The molecule has 0 radical (unpaired) electrons. The molecule has 0 spiro atoms. The number of imide groups is 1. The molecule has 0 saturated carbocycles. The molecule has 1 aromatic carbocycles. The molecule has 0 aromatic heterocycles. The van der Waals surface area contributed by atoms with Crippen LogP contribution in [0.3, 0.4) is 0 Å².